The molecule has 0 unspecified atom stereocenters. The van der Waals surface area contributed by atoms with E-state index in [0.717, 1.165) is 23.7 Å². The van der Waals surface area contributed by atoms with Crippen LogP contribution >= 0.6 is 11.8 Å². The van der Waals surface area contributed by atoms with Crippen LogP contribution < -0.4 is 9.47 Å². The number of nitrogens with zero attached hydrogens (tertiary/aromatic N) is 1. The van der Waals surface area contributed by atoms with E-state index in [4.69, 9.17) is 9.47 Å². The van der Waals surface area contributed by atoms with E-state index in [2.05, 4.69) is 0 Å². The standard InChI is InChI=1S/C17H21NO4S/c1-5-9-18-16(19)14(23-17(18)20)10-12-7-6-8-13(21-4)15(12)22-11(2)3/h6-8,10-11H,5,9H2,1-4H3/b14-10+. The maximum absolute atomic E-state index is 12.3. The van der Waals surface area contributed by atoms with Gasteiger partial charge in [-0.1, -0.05) is 19.1 Å². The summed E-state index contributed by atoms with van der Waals surface area (Å²) in [5.41, 5.74) is 0.722. The Balaban J connectivity index is 2.39. The van der Waals surface area contributed by atoms with Gasteiger partial charge in [-0.25, -0.2) is 0 Å². The molecule has 0 atom stereocenters. The van der Waals surface area contributed by atoms with Crippen molar-refractivity contribution in [3.8, 4) is 11.5 Å². The molecule has 0 aliphatic carbocycles. The smallest absolute Gasteiger partial charge is 0.293 e. The third-order valence-electron chi connectivity index (χ3n) is 3.19. The average Bonchev–Trinajstić information content (AvgIpc) is 2.76. The lowest BCUT2D eigenvalue weighted by Gasteiger charge is -2.16. The van der Waals surface area contributed by atoms with Gasteiger partial charge in [0.1, 0.15) is 0 Å². The Morgan fingerprint density at radius 1 is 1.30 bits per heavy atom. The van der Waals surface area contributed by atoms with E-state index in [-0.39, 0.29) is 17.3 Å². The summed E-state index contributed by atoms with van der Waals surface area (Å²) < 4.78 is 11.2. The highest BCUT2D eigenvalue weighted by Gasteiger charge is 2.34. The number of carbonyl (C=O) groups excluding carboxylic acids is 2. The monoisotopic (exact) mass is 335 g/mol. The molecule has 0 aromatic heterocycles. The summed E-state index contributed by atoms with van der Waals surface area (Å²) in [6.07, 6.45) is 2.40. The average molecular weight is 335 g/mol. The molecule has 1 aromatic carbocycles. The van der Waals surface area contributed by atoms with E-state index < -0.39 is 0 Å². The molecular formula is C17H21NO4S. The lowest BCUT2D eigenvalue weighted by atomic mass is 10.1. The highest BCUT2D eigenvalue weighted by Crippen LogP contribution is 2.37. The first-order valence-corrected chi connectivity index (χ1v) is 8.38. The first-order valence-electron chi connectivity index (χ1n) is 7.57. The zero-order chi connectivity index (χ0) is 17.0. The van der Waals surface area contributed by atoms with Crippen molar-refractivity contribution in [3.63, 3.8) is 0 Å². The van der Waals surface area contributed by atoms with Crippen molar-refractivity contribution in [1.82, 2.24) is 4.90 Å². The molecule has 6 heteroatoms. The Labute approximate surface area is 140 Å². The number of hydrogen-bond donors (Lipinski definition) is 0. The number of benzene rings is 1. The fourth-order valence-electron chi connectivity index (χ4n) is 2.23. The highest BCUT2D eigenvalue weighted by molar-refractivity contribution is 8.18. The first kappa shape index (κ1) is 17.4. The Kier molecular flexibility index (Phi) is 5.71. The van der Waals surface area contributed by atoms with E-state index in [1.807, 2.05) is 32.9 Å². The van der Waals surface area contributed by atoms with E-state index in [9.17, 15) is 9.59 Å². The van der Waals surface area contributed by atoms with Crippen molar-refractivity contribution >= 4 is 29.0 Å². The zero-order valence-electron chi connectivity index (χ0n) is 13.8. The van der Waals surface area contributed by atoms with Crippen LogP contribution in [0.15, 0.2) is 23.1 Å². The number of thioether (sulfide) groups is 1. The molecule has 124 valence electrons. The van der Waals surface area contributed by atoms with Crippen molar-refractivity contribution in [2.75, 3.05) is 13.7 Å². The van der Waals surface area contributed by atoms with Crippen LogP contribution in [0.5, 0.6) is 11.5 Å². The van der Waals surface area contributed by atoms with Gasteiger partial charge >= 0.3 is 0 Å². The van der Waals surface area contributed by atoms with Crippen molar-refractivity contribution in [2.24, 2.45) is 0 Å². The minimum atomic E-state index is -0.250. The van der Waals surface area contributed by atoms with E-state index in [1.54, 1.807) is 19.3 Å². The molecule has 0 N–H and O–H groups in total. The van der Waals surface area contributed by atoms with Gasteiger partial charge in [0.15, 0.2) is 11.5 Å². The highest BCUT2D eigenvalue weighted by atomic mass is 32.2. The van der Waals surface area contributed by atoms with Gasteiger partial charge in [0.25, 0.3) is 11.1 Å². The molecule has 0 bridgehead atoms. The van der Waals surface area contributed by atoms with Crippen LogP contribution in [0.4, 0.5) is 4.79 Å². The van der Waals surface area contributed by atoms with Crippen LogP contribution in [0.2, 0.25) is 0 Å². The second kappa shape index (κ2) is 7.55. The number of imide groups is 1. The van der Waals surface area contributed by atoms with E-state index in [1.165, 1.54) is 4.90 Å². The van der Waals surface area contributed by atoms with E-state index >= 15 is 0 Å². The SMILES string of the molecule is CCCN1C(=O)S/C(=C/c2cccc(OC)c2OC(C)C)C1=O. The summed E-state index contributed by atoms with van der Waals surface area (Å²) in [6, 6.07) is 5.47. The molecule has 1 fully saturated rings. The van der Waals surface area contributed by atoms with Gasteiger partial charge in [-0.05, 0) is 44.2 Å². The van der Waals surface area contributed by atoms with E-state index in [0.29, 0.717) is 22.9 Å². The van der Waals surface area contributed by atoms with Gasteiger partial charge in [0.05, 0.1) is 18.1 Å². The van der Waals surface area contributed by atoms with Crippen molar-refractivity contribution < 1.29 is 19.1 Å². The topological polar surface area (TPSA) is 55.8 Å². The molecule has 1 aliphatic heterocycles. The van der Waals surface area contributed by atoms with Crippen LogP contribution in [0.1, 0.15) is 32.8 Å². The summed E-state index contributed by atoms with van der Waals surface area (Å²) >= 11 is 0.960. The van der Waals surface area contributed by atoms with Crippen molar-refractivity contribution in [2.45, 2.75) is 33.3 Å². The summed E-state index contributed by atoms with van der Waals surface area (Å²) in [6.45, 7) is 6.22. The normalized spacial score (nSPS) is 16.6. The second-order valence-electron chi connectivity index (χ2n) is 5.38. The molecule has 0 spiro atoms. The number of amides is 2. The molecule has 1 saturated heterocycles. The van der Waals surface area contributed by atoms with Gasteiger partial charge in [-0.2, -0.15) is 0 Å². The third-order valence-corrected chi connectivity index (χ3v) is 4.10. The summed E-state index contributed by atoms with van der Waals surface area (Å²) in [5.74, 6) is 0.924. The van der Waals surface area contributed by atoms with Crippen LogP contribution in [0.3, 0.4) is 0 Å². The first-order chi connectivity index (χ1) is 11.0. The molecular weight excluding hydrogens is 314 g/mol. The molecule has 1 aliphatic rings. The van der Waals surface area contributed by atoms with Crippen molar-refractivity contribution in [1.29, 1.82) is 0 Å². The molecule has 2 amide bonds. The number of ether oxygens (including phenoxy) is 2. The summed E-state index contributed by atoms with van der Waals surface area (Å²) in [4.78, 5) is 26.0. The minimum Gasteiger partial charge on any atom is -0.493 e. The maximum Gasteiger partial charge on any atom is 0.293 e. The second-order valence-corrected chi connectivity index (χ2v) is 6.37. The Morgan fingerprint density at radius 2 is 2.04 bits per heavy atom. The lowest BCUT2D eigenvalue weighted by Crippen LogP contribution is -2.28. The molecule has 23 heavy (non-hydrogen) atoms. The van der Waals surface area contributed by atoms with Gasteiger partial charge in [0, 0.05) is 12.1 Å². The Hall–Kier alpha value is -1.95. The largest absolute Gasteiger partial charge is 0.493 e. The summed E-state index contributed by atoms with van der Waals surface area (Å²) in [5, 5.41) is -0.225. The molecule has 1 aromatic rings. The van der Waals surface area contributed by atoms with Crippen LogP contribution in [-0.2, 0) is 4.79 Å². The van der Waals surface area contributed by atoms with Crippen molar-refractivity contribution in [3.05, 3.63) is 28.7 Å². The number of hydrogen-bond acceptors (Lipinski definition) is 5. The number of methoxy groups -OCH3 is 1. The molecule has 5 nitrogen and oxygen atoms in total. The third kappa shape index (κ3) is 3.88. The molecule has 1 heterocycles. The van der Waals surface area contributed by atoms with Gasteiger partial charge in [-0.3, -0.25) is 14.5 Å². The fraction of sp³-hybridized carbons (Fsp3) is 0.412. The fourth-order valence-corrected chi connectivity index (χ4v) is 3.08. The van der Waals surface area contributed by atoms with Gasteiger partial charge in [0.2, 0.25) is 0 Å². The van der Waals surface area contributed by atoms with Crippen LogP contribution in [-0.4, -0.2) is 35.8 Å². The Bertz CT molecular complexity index is 639. The predicted octanol–water partition coefficient (Wildman–Crippen LogP) is 3.93. The summed E-state index contributed by atoms with van der Waals surface area (Å²) in [7, 11) is 1.57. The van der Waals surface area contributed by atoms with Crippen LogP contribution in [0, 0.1) is 0 Å². The molecule has 0 radical (unpaired) electrons. The predicted molar refractivity (Wildman–Crippen MR) is 91.7 cm³/mol. The molecule has 0 saturated carbocycles. The van der Waals surface area contributed by atoms with Crippen LogP contribution in [0.25, 0.3) is 6.08 Å². The number of para-hydroxylation sites is 1. The quantitative estimate of drug-likeness (QED) is 0.737. The molecule has 2 rings (SSSR count). The minimum absolute atomic E-state index is 0.0337. The number of carbonyl (C=O) groups is 2. The Morgan fingerprint density at radius 3 is 2.65 bits per heavy atom. The lowest BCUT2D eigenvalue weighted by molar-refractivity contribution is -0.122. The maximum atomic E-state index is 12.3. The zero-order valence-corrected chi connectivity index (χ0v) is 14.6. The van der Waals surface area contributed by atoms with Gasteiger partial charge < -0.3 is 9.47 Å². The number of rotatable bonds is 6. The van der Waals surface area contributed by atoms with Gasteiger partial charge in [-0.15, -0.1) is 0 Å².